The summed E-state index contributed by atoms with van der Waals surface area (Å²) in [6.45, 7) is 0. The van der Waals surface area contributed by atoms with Crippen LogP contribution in [0.3, 0.4) is 0 Å². The first-order valence-electron chi connectivity index (χ1n) is 5.68. The fraction of sp³-hybridized carbons (Fsp3) is 0. The largest absolute Gasteiger partial charge is 0.619 e. The Bertz CT molecular complexity index is 714. The Morgan fingerprint density at radius 3 is 1.52 bits per heavy atom. The van der Waals surface area contributed by atoms with Crippen molar-refractivity contribution in [1.82, 2.24) is 0 Å². The lowest BCUT2D eigenvalue weighted by Crippen LogP contribution is -2.22. The Kier molecular flexibility index (Phi) is 5.43. The molecule has 12 heteroatoms. The monoisotopic (exact) mass is 324 g/mol. The van der Waals surface area contributed by atoms with Crippen molar-refractivity contribution in [3.05, 3.63) is 78.3 Å². The average molecular weight is 324 g/mol. The van der Waals surface area contributed by atoms with E-state index >= 15 is 0 Å². The van der Waals surface area contributed by atoms with Gasteiger partial charge in [-0.3, -0.25) is 30.3 Å². The van der Waals surface area contributed by atoms with E-state index in [1.807, 2.05) is 0 Å². The van der Waals surface area contributed by atoms with E-state index in [-0.39, 0.29) is 0 Å². The summed E-state index contributed by atoms with van der Waals surface area (Å²) in [5, 5.41) is 50.4. The van der Waals surface area contributed by atoms with Crippen molar-refractivity contribution in [2.24, 2.45) is 0 Å². The molecule has 1 aromatic heterocycles. The predicted molar refractivity (Wildman–Crippen MR) is 73.5 cm³/mol. The highest BCUT2D eigenvalue weighted by atomic mass is 16.6. The number of phenolic OH excluding ortho intramolecular Hbond substituents is 1. The molecule has 0 aliphatic rings. The molecule has 0 aliphatic heterocycles. The lowest BCUT2D eigenvalue weighted by Gasteiger charge is -1.97. The third-order valence-electron chi connectivity index (χ3n) is 2.35. The highest BCUT2D eigenvalue weighted by molar-refractivity contribution is 5.64. The first-order valence-corrected chi connectivity index (χ1v) is 5.68. The van der Waals surface area contributed by atoms with Crippen LogP contribution in [0.2, 0.25) is 0 Å². The van der Waals surface area contributed by atoms with E-state index in [1.54, 1.807) is 18.2 Å². The van der Waals surface area contributed by atoms with Gasteiger partial charge in [-0.1, -0.05) is 6.07 Å². The highest BCUT2D eigenvalue weighted by Gasteiger charge is 2.30. The number of nitro groups is 3. The number of nitrogens with zero attached hydrogens (tertiary/aromatic N) is 4. The van der Waals surface area contributed by atoms with Gasteiger partial charge in [0.05, 0.1) is 26.9 Å². The van der Waals surface area contributed by atoms with Gasteiger partial charge in [0.2, 0.25) is 0 Å². The molecule has 0 fully saturated rings. The van der Waals surface area contributed by atoms with Crippen molar-refractivity contribution < 1.29 is 24.6 Å². The quantitative estimate of drug-likeness (QED) is 0.381. The van der Waals surface area contributed by atoms with Crippen molar-refractivity contribution in [2.75, 3.05) is 0 Å². The molecule has 0 radical (unpaired) electrons. The normalized spacial score (nSPS) is 9.39. The molecule has 0 atom stereocenters. The second-order valence-electron chi connectivity index (χ2n) is 3.84. The number of rotatable bonds is 3. The molecule has 0 saturated carbocycles. The van der Waals surface area contributed by atoms with Gasteiger partial charge in [-0.15, -0.1) is 0 Å². The van der Waals surface area contributed by atoms with Crippen LogP contribution in [-0.2, 0) is 0 Å². The summed E-state index contributed by atoms with van der Waals surface area (Å²) in [6, 6.07) is 6.07. The fourth-order valence-electron chi connectivity index (χ4n) is 1.36. The predicted octanol–water partition coefficient (Wildman–Crippen LogP) is 1.44. The minimum atomic E-state index is -1.21. The second-order valence-corrected chi connectivity index (χ2v) is 3.84. The van der Waals surface area contributed by atoms with Gasteiger partial charge < -0.3 is 10.3 Å². The minimum absolute atomic E-state index is 0.447. The smallest absolute Gasteiger partial charge is 0.324 e. The van der Waals surface area contributed by atoms with E-state index in [9.17, 15) is 35.6 Å². The van der Waals surface area contributed by atoms with E-state index in [0.29, 0.717) is 12.1 Å². The van der Waals surface area contributed by atoms with Crippen LogP contribution in [0.25, 0.3) is 0 Å². The zero-order chi connectivity index (χ0) is 17.6. The van der Waals surface area contributed by atoms with Crippen molar-refractivity contribution in [2.45, 2.75) is 0 Å². The maximum Gasteiger partial charge on any atom is 0.324 e. The standard InChI is InChI=1S/C6H3N3O7.C5H5NO/c10-6-4(8(13)14)1-3(7(11)12)2-5(6)9(15)16;7-6-4-2-1-3-5-6/h1-2,10H;1-5H. The average Bonchev–Trinajstić information content (AvgIpc) is 2.48. The van der Waals surface area contributed by atoms with Gasteiger partial charge in [0.25, 0.3) is 11.4 Å². The zero-order valence-electron chi connectivity index (χ0n) is 11.1. The van der Waals surface area contributed by atoms with Crippen molar-refractivity contribution in [3.63, 3.8) is 0 Å². The van der Waals surface area contributed by atoms with Gasteiger partial charge in [0, 0.05) is 12.1 Å². The first-order chi connectivity index (χ1) is 10.7. The number of phenols is 1. The van der Waals surface area contributed by atoms with Crippen LogP contribution in [0.5, 0.6) is 5.75 Å². The topological polar surface area (TPSA) is 177 Å². The molecule has 0 spiro atoms. The van der Waals surface area contributed by atoms with E-state index in [2.05, 4.69) is 0 Å². The van der Waals surface area contributed by atoms with Crippen molar-refractivity contribution >= 4 is 17.1 Å². The van der Waals surface area contributed by atoms with Crippen LogP contribution < -0.4 is 4.73 Å². The highest BCUT2D eigenvalue weighted by Crippen LogP contribution is 2.38. The molecule has 1 N–H and O–H groups in total. The number of benzene rings is 1. The van der Waals surface area contributed by atoms with Gasteiger partial charge in [0.15, 0.2) is 12.4 Å². The van der Waals surface area contributed by atoms with Gasteiger partial charge in [-0.05, 0) is 0 Å². The molecular weight excluding hydrogens is 316 g/mol. The summed E-state index contributed by atoms with van der Waals surface area (Å²) in [6.07, 6.45) is 2.89. The maximum absolute atomic E-state index is 10.4. The van der Waals surface area contributed by atoms with Crippen molar-refractivity contribution in [1.29, 1.82) is 0 Å². The Labute approximate surface area is 126 Å². The second kappa shape index (κ2) is 7.26. The number of aromatic hydroxyl groups is 1. The van der Waals surface area contributed by atoms with E-state index in [1.165, 1.54) is 12.4 Å². The molecule has 1 heterocycles. The maximum atomic E-state index is 10.4. The Balaban J connectivity index is 0.000000313. The molecule has 0 aliphatic carbocycles. The lowest BCUT2D eigenvalue weighted by molar-refractivity contribution is -0.605. The molecule has 2 aromatic rings. The lowest BCUT2D eigenvalue weighted by atomic mass is 10.2. The van der Waals surface area contributed by atoms with Crippen LogP contribution in [0, 0.1) is 35.6 Å². The third kappa shape index (κ3) is 4.59. The summed E-state index contributed by atoms with van der Waals surface area (Å²) >= 11 is 0. The molecule has 12 nitrogen and oxygen atoms in total. The van der Waals surface area contributed by atoms with E-state index in [4.69, 9.17) is 5.11 Å². The summed E-state index contributed by atoms with van der Waals surface area (Å²) < 4.78 is 0.750. The molecule has 0 saturated heterocycles. The van der Waals surface area contributed by atoms with Crippen LogP contribution in [0.4, 0.5) is 17.1 Å². The SMILES string of the molecule is O=[N+]([O-])c1cc([N+](=O)[O-])c(O)c([N+](=O)[O-])c1.[O-][n+]1ccccc1. The van der Waals surface area contributed by atoms with Crippen LogP contribution >= 0.6 is 0 Å². The molecule has 0 amide bonds. The first kappa shape index (κ1) is 17.2. The van der Waals surface area contributed by atoms with Gasteiger partial charge >= 0.3 is 11.4 Å². The van der Waals surface area contributed by atoms with Crippen LogP contribution in [0.15, 0.2) is 42.7 Å². The number of non-ortho nitro benzene ring substituents is 1. The van der Waals surface area contributed by atoms with E-state index in [0.717, 1.165) is 4.73 Å². The number of pyridine rings is 1. The molecule has 0 bridgehead atoms. The molecule has 120 valence electrons. The summed E-state index contributed by atoms with van der Waals surface area (Å²) in [4.78, 5) is 27.8. The molecule has 0 unspecified atom stereocenters. The van der Waals surface area contributed by atoms with Gasteiger partial charge in [-0.25, -0.2) is 0 Å². The summed E-state index contributed by atoms with van der Waals surface area (Å²) in [5.41, 5.74) is -3.00. The minimum Gasteiger partial charge on any atom is -0.619 e. The van der Waals surface area contributed by atoms with Crippen molar-refractivity contribution in [3.8, 4) is 5.75 Å². The molecular formula is C11H8N4O8. The van der Waals surface area contributed by atoms with Crippen LogP contribution in [0.1, 0.15) is 0 Å². The van der Waals surface area contributed by atoms with Crippen LogP contribution in [-0.4, -0.2) is 19.9 Å². The third-order valence-corrected chi connectivity index (χ3v) is 2.35. The number of aromatic nitrogens is 1. The van der Waals surface area contributed by atoms with E-state index < -0.39 is 37.6 Å². The number of hydrogen-bond donors (Lipinski definition) is 1. The fourth-order valence-corrected chi connectivity index (χ4v) is 1.36. The number of hydrogen-bond acceptors (Lipinski definition) is 8. The Morgan fingerprint density at radius 2 is 1.26 bits per heavy atom. The zero-order valence-corrected chi connectivity index (χ0v) is 11.1. The summed E-state index contributed by atoms with van der Waals surface area (Å²) in [5.74, 6) is -1.21. The summed E-state index contributed by atoms with van der Waals surface area (Å²) in [7, 11) is 0. The Hall–Kier alpha value is -3.83. The van der Waals surface area contributed by atoms with Gasteiger partial charge in [0.1, 0.15) is 0 Å². The number of nitro benzene ring substituents is 3. The molecule has 23 heavy (non-hydrogen) atoms. The van der Waals surface area contributed by atoms with Gasteiger partial charge in [-0.2, -0.15) is 4.73 Å². The molecule has 1 aromatic carbocycles. The Morgan fingerprint density at radius 1 is 0.826 bits per heavy atom. The molecule has 2 rings (SSSR count).